The van der Waals surface area contributed by atoms with E-state index in [-0.39, 0.29) is 21.7 Å². The molecule has 1 N–H and O–H groups in total. The van der Waals surface area contributed by atoms with Crippen LogP contribution >= 0.6 is 27.9 Å². The van der Waals surface area contributed by atoms with E-state index in [1.807, 2.05) is 24.3 Å². The van der Waals surface area contributed by atoms with Gasteiger partial charge in [0.25, 0.3) is 5.91 Å². The van der Waals surface area contributed by atoms with Crippen molar-refractivity contribution in [3.05, 3.63) is 52.2 Å². The van der Waals surface area contributed by atoms with Gasteiger partial charge in [-0.1, -0.05) is 28.1 Å². The number of rotatable bonds is 3. The highest BCUT2D eigenvalue weighted by atomic mass is 79.9. The van der Waals surface area contributed by atoms with Gasteiger partial charge in [0, 0.05) is 10.0 Å². The molecule has 2 aromatic rings. The van der Waals surface area contributed by atoms with Gasteiger partial charge in [0.1, 0.15) is 17.4 Å². The van der Waals surface area contributed by atoms with Crippen LogP contribution < -0.4 is 0 Å². The van der Waals surface area contributed by atoms with E-state index in [0.29, 0.717) is 11.5 Å². The Morgan fingerprint density at radius 1 is 1.20 bits per heavy atom. The van der Waals surface area contributed by atoms with Crippen LogP contribution in [0.1, 0.15) is 19.6 Å². The number of fused-ring (bicyclic) bond motifs is 1. The maximum Gasteiger partial charge on any atom is 0.283 e. The standard InChI is InChI=1S/C19H15BrN4O4S2/c1-10(2)30(26,27)19-23-29-18-22-17(25)14(16(21)24(18)19)9-13-7-8-15(28-13)11-3-5-12(20)6-4-11/h3-10,21H,1-2H3/b14-9-,21-16?. The average molecular weight is 507 g/mol. The molecule has 1 amide bonds. The first-order chi connectivity index (χ1) is 14.2. The minimum Gasteiger partial charge on any atom is -0.457 e. The molecule has 0 atom stereocenters. The van der Waals surface area contributed by atoms with Gasteiger partial charge in [0.2, 0.25) is 20.2 Å². The lowest BCUT2D eigenvalue weighted by molar-refractivity contribution is -0.114. The first kappa shape index (κ1) is 20.8. The van der Waals surface area contributed by atoms with Crippen LogP contribution in [-0.4, -0.2) is 40.6 Å². The Hall–Kier alpha value is -2.50. The van der Waals surface area contributed by atoms with Crippen molar-refractivity contribution in [2.75, 3.05) is 0 Å². The quantitative estimate of drug-likeness (QED) is 0.494. The summed E-state index contributed by atoms with van der Waals surface area (Å²) in [4.78, 5) is 17.5. The molecule has 11 heteroatoms. The third kappa shape index (κ3) is 3.57. The van der Waals surface area contributed by atoms with Crippen molar-refractivity contribution in [3.63, 3.8) is 0 Å². The van der Waals surface area contributed by atoms with E-state index in [1.165, 1.54) is 19.9 Å². The number of nitrogens with zero attached hydrogens (tertiary/aromatic N) is 3. The lowest BCUT2D eigenvalue weighted by atomic mass is 10.1. The number of halogens is 1. The highest BCUT2D eigenvalue weighted by Gasteiger charge is 2.43. The highest BCUT2D eigenvalue weighted by Crippen LogP contribution is 2.32. The van der Waals surface area contributed by atoms with Crippen molar-refractivity contribution < 1.29 is 17.6 Å². The molecule has 4 rings (SSSR count). The van der Waals surface area contributed by atoms with Gasteiger partial charge in [0.05, 0.1) is 22.8 Å². The summed E-state index contributed by atoms with van der Waals surface area (Å²) in [6, 6.07) is 10.9. The van der Waals surface area contributed by atoms with Gasteiger partial charge in [0.15, 0.2) is 0 Å². The summed E-state index contributed by atoms with van der Waals surface area (Å²) in [5.74, 6) is -0.0234. The molecule has 0 radical (unpaired) electrons. The Morgan fingerprint density at radius 2 is 1.90 bits per heavy atom. The second kappa shape index (κ2) is 7.64. The number of hydrogen-bond donors (Lipinski definition) is 1. The molecule has 0 saturated carbocycles. The van der Waals surface area contributed by atoms with E-state index in [1.54, 1.807) is 12.1 Å². The Balaban J connectivity index is 1.68. The number of carbonyl (C=O) groups excluding carboxylic acids is 1. The Kier molecular flexibility index (Phi) is 5.28. The van der Waals surface area contributed by atoms with Crippen molar-refractivity contribution in [2.24, 2.45) is 9.39 Å². The number of hydrogen-bond acceptors (Lipinski definition) is 7. The van der Waals surface area contributed by atoms with Crippen LogP contribution in [0.15, 0.2) is 60.3 Å². The number of sulfone groups is 1. The van der Waals surface area contributed by atoms with E-state index in [9.17, 15) is 13.2 Å². The van der Waals surface area contributed by atoms with Crippen LogP contribution in [0, 0.1) is 5.41 Å². The first-order valence-electron chi connectivity index (χ1n) is 8.77. The Morgan fingerprint density at radius 3 is 2.57 bits per heavy atom. The summed E-state index contributed by atoms with van der Waals surface area (Å²) in [6.45, 7) is 3.05. The largest absolute Gasteiger partial charge is 0.457 e. The highest BCUT2D eigenvalue weighted by molar-refractivity contribution is 9.10. The zero-order chi connectivity index (χ0) is 21.6. The molecule has 1 aromatic heterocycles. The van der Waals surface area contributed by atoms with Crippen molar-refractivity contribution >= 4 is 65.9 Å². The summed E-state index contributed by atoms with van der Waals surface area (Å²) in [7, 11) is -3.76. The van der Waals surface area contributed by atoms with Gasteiger partial charge in [-0.3, -0.25) is 10.2 Å². The van der Waals surface area contributed by atoms with Crippen molar-refractivity contribution in [1.29, 1.82) is 5.41 Å². The fourth-order valence-corrected chi connectivity index (χ4v) is 5.06. The van der Waals surface area contributed by atoms with Gasteiger partial charge >= 0.3 is 0 Å². The molecular weight excluding hydrogens is 492 g/mol. The maximum atomic E-state index is 12.6. The number of furan rings is 1. The topological polar surface area (TPSA) is 116 Å². The SMILES string of the molecule is CC(C)S(=O)(=O)C1=NSC2=NC(=O)/C(=C\c3ccc(-c4ccc(Br)cc4)o3)C(=N)N21. The zero-order valence-electron chi connectivity index (χ0n) is 15.8. The molecule has 154 valence electrons. The summed E-state index contributed by atoms with van der Waals surface area (Å²) in [5.41, 5.74) is 0.770. The van der Waals surface area contributed by atoms with Gasteiger partial charge in [-0.25, -0.2) is 13.3 Å². The monoisotopic (exact) mass is 506 g/mol. The Bertz CT molecular complexity index is 1260. The normalized spacial score (nSPS) is 18.1. The predicted octanol–water partition coefficient (Wildman–Crippen LogP) is 4.11. The molecule has 0 bridgehead atoms. The van der Waals surface area contributed by atoms with Crippen LogP contribution in [0.2, 0.25) is 0 Å². The molecule has 0 aliphatic carbocycles. The van der Waals surface area contributed by atoms with Crippen LogP contribution in [0.4, 0.5) is 0 Å². The van der Waals surface area contributed by atoms with Crippen molar-refractivity contribution in [2.45, 2.75) is 19.1 Å². The maximum absolute atomic E-state index is 12.6. The number of amides is 1. The first-order valence-corrected chi connectivity index (χ1v) is 11.9. The minimum absolute atomic E-state index is 0.0522. The molecule has 1 aromatic carbocycles. The smallest absolute Gasteiger partial charge is 0.283 e. The molecule has 0 spiro atoms. The molecule has 8 nitrogen and oxygen atoms in total. The van der Waals surface area contributed by atoms with Crippen LogP contribution in [0.25, 0.3) is 17.4 Å². The second-order valence-electron chi connectivity index (χ2n) is 6.71. The fourth-order valence-electron chi connectivity index (χ4n) is 2.74. The average Bonchev–Trinajstić information content (AvgIpc) is 3.33. The summed E-state index contributed by atoms with van der Waals surface area (Å²) in [6.07, 6.45) is 1.38. The third-order valence-corrected chi connectivity index (χ3v) is 7.78. The molecule has 30 heavy (non-hydrogen) atoms. The third-order valence-electron chi connectivity index (χ3n) is 4.41. The van der Waals surface area contributed by atoms with Gasteiger partial charge < -0.3 is 4.42 Å². The molecule has 0 unspecified atom stereocenters. The molecular formula is C19H15BrN4O4S2. The Labute approximate surface area is 185 Å². The van der Waals surface area contributed by atoms with E-state index in [0.717, 1.165) is 26.9 Å². The lowest BCUT2D eigenvalue weighted by Crippen LogP contribution is -2.46. The van der Waals surface area contributed by atoms with E-state index >= 15 is 0 Å². The van der Waals surface area contributed by atoms with Gasteiger partial charge in [-0.2, -0.15) is 9.39 Å². The summed E-state index contributed by atoms with van der Waals surface area (Å²) >= 11 is 4.15. The number of benzene rings is 1. The minimum atomic E-state index is -3.76. The van der Waals surface area contributed by atoms with Crippen LogP contribution in [0.5, 0.6) is 0 Å². The van der Waals surface area contributed by atoms with E-state index in [2.05, 4.69) is 25.3 Å². The van der Waals surface area contributed by atoms with Gasteiger partial charge in [-0.05, 0) is 44.2 Å². The summed E-state index contributed by atoms with van der Waals surface area (Å²) < 4.78 is 35.9. The van der Waals surface area contributed by atoms with Crippen molar-refractivity contribution in [3.8, 4) is 11.3 Å². The van der Waals surface area contributed by atoms with E-state index < -0.39 is 21.0 Å². The molecule has 2 aliphatic rings. The number of amidine groups is 3. The lowest BCUT2D eigenvalue weighted by Gasteiger charge is -2.25. The van der Waals surface area contributed by atoms with Crippen molar-refractivity contribution in [1.82, 2.24) is 4.90 Å². The zero-order valence-corrected chi connectivity index (χ0v) is 19.0. The molecule has 0 saturated heterocycles. The van der Waals surface area contributed by atoms with E-state index in [4.69, 9.17) is 9.83 Å². The van der Waals surface area contributed by atoms with Crippen LogP contribution in [-0.2, 0) is 14.6 Å². The fraction of sp³-hybridized carbons (Fsp3) is 0.158. The number of carbonyl (C=O) groups is 1. The van der Waals surface area contributed by atoms with Crippen LogP contribution in [0.3, 0.4) is 0 Å². The summed E-state index contributed by atoms with van der Waals surface area (Å²) in [5, 5.41) is 7.48. The number of aliphatic imine (C=N–C) groups is 1. The molecule has 0 fully saturated rings. The predicted molar refractivity (Wildman–Crippen MR) is 121 cm³/mol. The molecule has 2 aliphatic heterocycles. The van der Waals surface area contributed by atoms with Gasteiger partial charge in [-0.15, -0.1) is 0 Å². The second-order valence-corrected chi connectivity index (χ2v) is 10.8. The number of nitrogens with one attached hydrogen (secondary N) is 1. The molecule has 3 heterocycles.